The van der Waals surface area contributed by atoms with Crippen molar-refractivity contribution in [2.24, 2.45) is 23.7 Å². The molecule has 1 unspecified atom stereocenters. The summed E-state index contributed by atoms with van der Waals surface area (Å²) in [6.07, 6.45) is 9.43. The molecule has 0 bridgehead atoms. The molecule has 152 valence electrons. The number of nitrogens with one attached hydrogen (secondary N) is 1. The molecule has 28 heavy (non-hydrogen) atoms. The second kappa shape index (κ2) is 8.22. The zero-order valence-corrected chi connectivity index (χ0v) is 17.2. The molecule has 2 saturated carbocycles. The second-order valence-corrected chi connectivity index (χ2v) is 9.43. The van der Waals surface area contributed by atoms with Gasteiger partial charge in [-0.1, -0.05) is 13.8 Å². The number of likely N-dealkylation sites (tertiary alicyclic amines) is 1. The number of amides is 1. The van der Waals surface area contributed by atoms with E-state index in [9.17, 15) is 9.59 Å². The highest BCUT2D eigenvalue weighted by Gasteiger charge is 2.41. The molecule has 1 atom stereocenters. The standard InChI is InChI=1S/C23H33N3O2/c1-15(2)12-20(27)19-4-3-11-26(14-19)23(28)18-9-10-21(24-13-18)25-22(16-5-6-16)17-7-8-17/h9-10,13,15-17,19,22H,3-8,11-12,14H2,1-2H3,(H,24,25). The van der Waals surface area contributed by atoms with Gasteiger partial charge in [0.15, 0.2) is 0 Å². The van der Waals surface area contributed by atoms with Crippen molar-refractivity contribution in [1.29, 1.82) is 0 Å². The summed E-state index contributed by atoms with van der Waals surface area (Å²) in [5.74, 6) is 3.17. The predicted octanol–water partition coefficient (Wildman–Crippen LogP) is 4.15. The maximum absolute atomic E-state index is 12.9. The quantitative estimate of drug-likeness (QED) is 0.732. The van der Waals surface area contributed by atoms with E-state index in [-0.39, 0.29) is 11.8 Å². The normalized spacial score (nSPS) is 22.6. The molecule has 1 aliphatic heterocycles. The molecule has 1 saturated heterocycles. The molecule has 5 heteroatoms. The van der Waals surface area contributed by atoms with Gasteiger partial charge in [0, 0.05) is 37.7 Å². The zero-order chi connectivity index (χ0) is 19.7. The van der Waals surface area contributed by atoms with Crippen LogP contribution in [0.2, 0.25) is 0 Å². The molecule has 0 aromatic carbocycles. The third-order valence-electron chi connectivity index (χ3n) is 6.36. The van der Waals surface area contributed by atoms with E-state index >= 15 is 0 Å². The first kappa shape index (κ1) is 19.4. The summed E-state index contributed by atoms with van der Waals surface area (Å²) in [5.41, 5.74) is 0.622. The Labute approximate surface area is 168 Å². The lowest BCUT2D eigenvalue weighted by atomic mass is 9.89. The Kier molecular flexibility index (Phi) is 5.70. The van der Waals surface area contributed by atoms with Crippen molar-refractivity contribution in [2.45, 2.75) is 64.8 Å². The van der Waals surface area contributed by atoms with Crippen LogP contribution in [-0.2, 0) is 4.79 Å². The lowest BCUT2D eigenvalue weighted by Gasteiger charge is -2.32. The molecule has 2 aliphatic carbocycles. The van der Waals surface area contributed by atoms with Gasteiger partial charge in [-0.05, 0) is 68.4 Å². The van der Waals surface area contributed by atoms with E-state index in [1.165, 1.54) is 25.7 Å². The molecule has 0 spiro atoms. The highest BCUT2D eigenvalue weighted by Crippen LogP contribution is 2.45. The van der Waals surface area contributed by atoms with Gasteiger partial charge in [0.25, 0.3) is 5.91 Å². The SMILES string of the molecule is CC(C)CC(=O)C1CCCN(C(=O)c2ccc(NC(C3CC3)C3CC3)nc2)C1. The van der Waals surface area contributed by atoms with Crippen LogP contribution in [0.1, 0.15) is 69.2 Å². The number of carbonyl (C=O) groups excluding carboxylic acids is 2. The Morgan fingerprint density at radius 3 is 2.43 bits per heavy atom. The maximum Gasteiger partial charge on any atom is 0.255 e. The van der Waals surface area contributed by atoms with E-state index in [0.717, 1.165) is 37.0 Å². The van der Waals surface area contributed by atoms with Gasteiger partial charge >= 0.3 is 0 Å². The van der Waals surface area contributed by atoms with Crippen molar-refractivity contribution < 1.29 is 9.59 Å². The number of pyridine rings is 1. The number of piperidine rings is 1. The molecule has 3 aliphatic rings. The van der Waals surface area contributed by atoms with Gasteiger partial charge < -0.3 is 10.2 Å². The fourth-order valence-electron chi connectivity index (χ4n) is 4.48. The second-order valence-electron chi connectivity index (χ2n) is 9.43. The minimum Gasteiger partial charge on any atom is -0.367 e. The number of hydrogen-bond acceptors (Lipinski definition) is 4. The van der Waals surface area contributed by atoms with Gasteiger partial charge in [0.2, 0.25) is 0 Å². The summed E-state index contributed by atoms with van der Waals surface area (Å²) >= 11 is 0. The molecule has 5 nitrogen and oxygen atoms in total. The number of rotatable bonds is 8. The van der Waals surface area contributed by atoms with Gasteiger partial charge in [0.1, 0.15) is 11.6 Å². The minimum atomic E-state index is -0.00755. The van der Waals surface area contributed by atoms with Crippen molar-refractivity contribution in [3.8, 4) is 0 Å². The number of nitrogens with zero attached hydrogens (tertiary/aromatic N) is 2. The molecule has 1 N–H and O–H groups in total. The number of Topliss-reactive ketones (excluding diaryl/α,β-unsaturated/α-hetero) is 1. The highest BCUT2D eigenvalue weighted by molar-refractivity contribution is 5.94. The van der Waals surface area contributed by atoms with Crippen LogP contribution < -0.4 is 5.32 Å². The monoisotopic (exact) mass is 383 g/mol. The van der Waals surface area contributed by atoms with E-state index in [0.29, 0.717) is 36.3 Å². The molecule has 2 heterocycles. The van der Waals surface area contributed by atoms with Crippen molar-refractivity contribution >= 4 is 17.5 Å². The first-order chi connectivity index (χ1) is 13.5. The van der Waals surface area contributed by atoms with Gasteiger partial charge in [0.05, 0.1) is 5.56 Å². The van der Waals surface area contributed by atoms with Gasteiger partial charge in [-0.25, -0.2) is 4.98 Å². The summed E-state index contributed by atoms with van der Waals surface area (Å²) in [4.78, 5) is 31.7. The molecular formula is C23H33N3O2. The molecule has 1 amide bonds. The van der Waals surface area contributed by atoms with Crippen molar-refractivity contribution in [3.63, 3.8) is 0 Å². The third-order valence-corrected chi connectivity index (χ3v) is 6.36. The van der Waals surface area contributed by atoms with Crippen LogP contribution in [0.3, 0.4) is 0 Å². The van der Waals surface area contributed by atoms with E-state index in [2.05, 4.69) is 24.1 Å². The van der Waals surface area contributed by atoms with Gasteiger partial charge in [-0.15, -0.1) is 0 Å². The van der Waals surface area contributed by atoms with Crippen LogP contribution in [0.5, 0.6) is 0 Å². The molecule has 3 fully saturated rings. The summed E-state index contributed by atoms with van der Waals surface area (Å²) in [6, 6.07) is 4.38. The van der Waals surface area contributed by atoms with Crippen LogP contribution in [0, 0.1) is 23.7 Å². The van der Waals surface area contributed by atoms with Crippen molar-refractivity contribution in [2.75, 3.05) is 18.4 Å². The van der Waals surface area contributed by atoms with Gasteiger partial charge in [-0.3, -0.25) is 9.59 Å². The molecular weight excluding hydrogens is 350 g/mol. The average molecular weight is 384 g/mol. The van der Waals surface area contributed by atoms with Crippen LogP contribution in [0.4, 0.5) is 5.82 Å². The van der Waals surface area contributed by atoms with E-state index in [4.69, 9.17) is 0 Å². The zero-order valence-electron chi connectivity index (χ0n) is 17.2. The lowest BCUT2D eigenvalue weighted by molar-refractivity contribution is -0.124. The largest absolute Gasteiger partial charge is 0.367 e. The number of ketones is 1. The maximum atomic E-state index is 12.9. The Bertz CT molecular complexity index is 695. The number of anilines is 1. The van der Waals surface area contributed by atoms with Crippen LogP contribution in [0.15, 0.2) is 18.3 Å². The van der Waals surface area contributed by atoms with E-state index < -0.39 is 0 Å². The van der Waals surface area contributed by atoms with E-state index in [1.807, 2.05) is 17.0 Å². The predicted molar refractivity (Wildman–Crippen MR) is 110 cm³/mol. The smallest absolute Gasteiger partial charge is 0.255 e. The summed E-state index contributed by atoms with van der Waals surface area (Å²) in [5, 5.41) is 3.61. The Hall–Kier alpha value is -1.91. The van der Waals surface area contributed by atoms with Crippen molar-refractivity contribution in [1.82, 2.24) is 9.88 Å². The molecule has 1 aromatic heterocycles. The molecule has 4 rings (SSSR count). The summed E-state index contributed by atoms with van der Waals surface area (Å²) < 4.78 is 0. The Balaban J connectivity index is 1.35. The minimum absolute atomic E-state index is 0.00188. The number of carbonyl (C=O) groups is 2. The van der Waals surface area contributed by atoms with Crippen molar-refractivity contribution in [3.05, 3.63) is 23.9 Å². The number of hydrogen-bond donors (Lipinski definition) is 1. The number of aromatic nitrogens is 1. The highest BCUT2D eigenvalue weighted by atomic mass is 16.2. The molecule has 0 radical (unpaired) electrons. The van der Waals surface area contributed by atoms with Crippen LogP contribution in [0.25, 0.3) is 0 Å². The van der Waals surface area contributed by atoms with Crippen LogP contribution in [-0.4, -0.2) is 40.7 Å². The average Bonchev–Trinajstić information content (AvgIpc) is 3.59. The third kappa shape index (κ3) is 4.73. The summed E-state index contributed by atoms with van der Waals surface area (Å²) in [7, 11) is 0. The first-order valence-corrected chi connectivity index (χ1v) is 11.1. The molecule has 1 aromatic rings. The Morgan fingerprint density at radius 1 is 1.14 bits per heavy atom. The van der Waals surface area contributed by atoms with E-state index in [1.54, 1.807) is 6.20 Å². The fourth-order valence-corrected chi connectivity index (χ4v) is 4.48. The topological polar surface area (TPSA) is 62.3 Å². The first-order valence-electron chi connectivity index (χ1n) is 11.1. The lowest BCUT2D eigenvalue weighted by Crippen LogP contribution is -2.42. The van der Waals surface area contributed by atoms with Crippen LogP contribution >= 0.6 is 0 Å². The Morgan fingerprint density at radius 2 is 1.86 bits per heavy atom. The summed E-state index contributed by atoms with van der Waals surface area (Å²) in [6.45, 7) is 5.43. The van der Waals surface area contributed by atoms with Gasteiger partial charge in [-0.2, -0.15) is 0 Å². The fraction of sp³-hybridized carbons (Fsp3) is 0.696.